The quantitative estimate of drug-likeness (QED) is 0.547. The van der Waals surface area contributed by atoms with Gasteiger partial charge in [0.2, 0.25) is 0 Å². The molecule has 0 aliphatic carbocycles. The SMILES string of the molecule is CN(C)c1c(C#N)cnc2c1c(Br)cn2COCC[Si](C)(C)C. The molecule has 0 N–H and O–H groups in total. The number of nitrogens with zero attached hydrogens (tertiary/aromatic N) is 4. The second kappa shape index (κ2) is 7.03. The summed E-state index contributed by atoms with van der Waals surface area (Å²) in [5.41, 5.74) is 2.28. The van der Waals surface area contributed by atoms with E-state index in [1.54, 1.807) is 6.20 Å². The third-order valence-electron chi connectivity index (χ3n) is 3.61. The van der Waals surface area contributed by atoms with Gasteiger partial charge in [0, 0.05) is 45.6 Å². The van der Waals surface area contributed by atoms with Crippen LogP contribution in [-0.2, 0) is 11.5 Å². The summed E-state index contributed by atoms with van der Waals surface area (Å²) in [6.45, 7) is 8.26. The van der Waals surface area contributed by atoms with Crippen molar-refractivity contribution >= 4 is 40.7 Å². The van der Waals surface area contributed by atoms with Gasteiger partial charge in [-0.25, -0.2) is 4.98 Å². The summed E-state index contributed by atoms with van der Waals surface area (Å²) >= 11 is 3.60. The molecule has 0 aromatic carbocycles. The Balaban J connectivity index is 2.30. The molecule has 0 saturated heterocycles. The number of fused-ring (bicyclic) bond motifs is 1. The average Bonchev–Trinajstić information content (AvgIpc) is 2.78. The second-order valence-corrected chi connectivity index (χ2v) is 13.5. The lowest BCUT2D eigenvalue weighted by molar-refractivity contribution is 0.0898. The summed E-state index contributed by atoms with van der Waals surface area (Å²) in [5, 5.41) is 10.3. The van der Waals surface area contributed by atoms with Gasteiger partial charge in [0.05, 0.1) is 16.6 Å². The van der Waals surface area contributed by atoms with Gasteiger partial charge in [0.25, 0.3) is 0 Å². The number of pyridine rings is 1. The van der Waals surface area contributed by atoms with E-state index < -0.39 is 8.07 Å². The number of rotatable bonds is 6. The van der Waals surface area contributed by atoms with Crippen molar-refractivity contribution in [3.63, 3.8) is 0 Å². The predicted molar refractivity (Wildman–Crippen MR) is 101 cm³/mol. The van der Waals surface area contributed by atoms with E-state index in [1.807, 2.05) is 29.8 Å². The summed E-state index contributed by atoms with van der Waals surface area (Å²) < 4.78 is 8.74. The molecule has 0 bridgehead atoms. The summed E-state index contributed by atoms with van der Waals surface area (Å²) in [7, 11) is 2.79. The van der Waals surface area contributed by atoms with Crippen LogP contribution in [0.2, 0.25) is 25.7 Å². The number of nitriles is 1. The van der Waals surface area contributed by atoms with Gasteiger partial charge in [-0.15, -0.1) is 0 Å². The van der Waals surface area contributed by atoms with E-state index in [9.17, 15) is 5.26 Å². The van der Waals surface area contributed by atoms with Crippen LogP contribution in [0.5, 0.6) is 0 Å². The number of ether oxygens (including phenoxy) is 1. The molecule has 0 radical (unpaired) electrons. The fraction of sp³-hybridized carbons (Fsp3) is 0.500. The number of hydrogen-bond acceptors (Lipinski definition) is 4. The highest BCUT2D eigenvalue weighted by molar-refractivity contribution is 9.10. The zero-order valence-corrected chi connectivity index (χ0v) is 16.9. The molecular formula is C16H23BrN4OSi. The van der Waals surface area contributed by atoms with E-state index in [1.165, 1.54) is 0 Å². The Bertz CT molecular complexity index is 743. The van der Waals surface area contributed by atoms with Gasteiger partial charge in [-0.2, -0.15) is 5.26 Å². The van der Waals surface area contributed by atoms with Crippen LogP contribution < -0.4 is 4.90 Å². The molecule has 0 aliphatic rings. The van der Waals surface area contributed by atoms with Crippen molar-refractivity contribution in [1.29, 1.82) is 5.26 Å². The molecule has 0 aliphatic heterocycles. The summed E-state index contributed by atoms with van der Waals surface area (Å²) in [6, 6.07) is 3.35. The minimum atomic E-state index is -1.08. The molecule has 5 nitrogen and oxygen atoms in total. The summed E-state index contributed by atoms with van der Waals surface area (Å²) in [5.74, 6) is 0. The largest absolute Gasteiger partial charge is 0.376 e. The molecule has 2 rings (SSSR count). The fourth-order valence-electron chi connectivity index (χ4n) is 2.38. The average molecular weight is 395 g/mol. The molecule has 2 aromatic rings. The van der Waals surface area contributed by atoms with Crippen molar-refractivity contribution in [2.45, 2.75) is 32.4 Å². The van der Waals surface area contributed by atoms with Crippen LogP contribution in [0, 0.1) is 11.3 Å². The van der Waals surface area contributed by atoms with Crippen LogP contribution in [0.3, 0.4) is 0 Å². The Morgan fingerprint density at radius 1 is 1.39 bits per heavy atom. The number of halogens is 1. The van der Waals surface area contributed by atoms with Crippen molar-refractivity contribution in [3.05, 3.63) is 22.4 Å². The van der Waals surface area contributed by atoms with Gasteiger partial charge in [-0.1, -0.05) is 19.6 Å². The Morgan fingerprint density at radius 2 is 2.09 bits per heavy atom. The van der Waals surface area contributed by atoms with Crippen molar-refractivity contribution in [2.24, 2.45) is 0 Å². The number of anilines is 1. The smallest absolute Gasteiger partial charge is 0.145 e. The monoisotopic (exact) mass is 394 g/mol. The molecule has 0 amide bonds. The van der Waals surface area contributed by atoms with Gasteiger partial charge in [0.1, 0.15) is 18.4 Å². The molecule has 0 saturated carbocycles. The Morgan fingerprint density at radius 3 is 2.65 bits per heavy atom. The Kier molecular flexibility index (Phi) is 5.50. The molecule has 23 heavy (non-hydrogen) atoms. The van der Waals surface area contributed by atoms with Gasteiger partial charge >= 0.3 is 0 Å². The highest BCUT2D eigenvalue weighted by atomic mass is 79.9. The third kappa shape index (κ3) is 4.13. The zero-order chi connectivity index (χ0) is 17.2. The maximum atomic E-state index is 9.31. The van der Waals surface area contributed by atoms with Crippen LogP contribution >= 0.6 is 15.9 Å². The number of aromatic nitrogens is 2. The first kappa shape index (κ1) is 18.0. The maximum Gasteiger partial charge on any atom is 0.145 e. The van der Waals surface area contributed by atoms with Crippen molar-refractivity contribution < 1.29 is 4.74 Å². The van der Waals surface area contributed by atoms with Gasteiger partial charge in [0.15, 0.2) is 0 Å². The maximum absolute atomic E-state index is 9.31. The molecular weight excluding hydrogens is 372 g/mol. The predicted octanol–water partition coefficient (Wildman–Crippen LogP) is 4.05. The minimum Gasteiger partial charge on any atom is -0.376 e. The molecule has 0 atom stereocenters. The molecule has 7 heteroatoms. The van der Waals surface area contributed by atoms with Gasteiger partial charge < -0.3 is 14.2 Å². The molecule has 2 aromatic heterocycles. The van der Waals surface area contributed by atoms with Crippen molar-refractivity contribution in [1.82, 2.24) is 9.55 Å². The standard InChI is InChI=1S/C16H23BrN4OSi/c1-20(2)15-12(8-18)9-19-16-14(15)13(17)10-21(16)11-22-6-7-23(3,4)5/h9-10H,6-7,11H2,1-5H3. The summed E-state index contributed by atoms with van der Waals surface area (Å²) in [6.07, 6.45) is 3.60. The van der Waals surface area contributed by atoms with E-state index in [-0.39, 0.29) is 0 Å². The van der Waals surface area contributed by atoms with Crippen LogP contribution in [0.25, 0.3) is 11.0 Å². The van der Waals surface area contributed by atoms with E-state index >= 15 is 0 Å². The molecule has 0 fully saturated rings. The number of hydrogen-bond donors (Lipinski definition) is 0. The first-order chi connectivity index (χ1) is 10.7. The normalized spacial score (nSPS) is 11.7. The lowest BCUT2D eigenvalue weighted by Crippen LogP contribution is -2.22. The van der Waals surface area contributed by atoms with Crippen molar-refractivity contribution in [3.8, 4) is 6.07 Å². The Labute approximate surface area is 147 Å². The first-order valence-corrected chi connectivity index (χ1v) is 12.1. The topological polar surface area (TPSA) is 54.1 Å². The first-order valence-electron chi connectivity index (χ1n) is 7.57. The highest BCUT2D eigenvalue weighted by Crippen LogP contribution is 2.35. The molecule has 0 unspecified atom stereocenters. The van der Waals surface area contributed by atoms with Crippen LogP contribution in [0.1, 0.15) is 5.56 Å². The van der Waals surface area contributed by atoms with Crippen LogP contribution in [-0.4, -0.2) is 38.3 Å². The molecule has 2 heterocycles. The lowest BCUT2D eigenvalue weighted by Gasteiger charge is -2.17. The third-order valence-corrected chi connectivity index (χ3v) is 5.91. The zero-order valence-electron chi connectivity index (χ0n) is 14.4. The second-order valence-electron chi connectivity index (χ2n) is 7.02. The van der Waals surface area contributed by atoms with E-state index in [0.29, 0.717) is 12.3 Å². The van der Waals surface area contributed by atoms with Gasteiger partial charge in [-0.3, -0.25) is 0 Å². The molecule has 0 spiro atoms. The molecule has 124 valence electrons. The lowest BCUT2D eigenvalue weighted by atomic mass is 10.2. The van der Waals surface area contributed by atoms with Gasteiger partial charge in [-0.05, 0) is 22.0 Å². The Hall–Kier alpha value is -1.36. The van der Waals surface area contributed by atoms with E-state index in [0.717, 1.165) is 33.8 Å². The fourth-order valence-corrected chi connectivity index (χ4v) is 3.75. The van der Waals surface area contributed by atoms with Crippen LogP contribution in [0.4, 0.5) is 5.69 Å². The van der Waals surface area contributed by atoms with Crippen molar-refractivity contribution in [2.75, 3.05) is 25.6 Å². The van der Waals surface area contributed by atoms with Crippen LogP contribution in [0.15, 0.2) is 16.9 Å². The van der Waals surface area contributed by atoms with E-state index in [2.05, 4.69) is 46.6 Å². The van der Waals surface area contributed by atoms with E-state index in [4.69, 9.17) is 4.74 Å². The highest BCUT2D eigenvalue weighted by Gasteiger charge is 2.18. The minimum absolute atomic E-state index is 0.471. The summed E-state index contributed by atoms with van der Waals surface area (Å²) in [4.78, 5) is 6.40.